The van der Waals surface area contributed by atoms with E-state index in [0.29, 0.717) is 5.39 Å². The van der Waals surface area contributed by atoms with Crippen molar-refractivity contribution < 1.29 is 4.74 Å². The van der Waals surface area contributed by atoms with Crippen molar-refractivity contribution in [2.24, 2.45) is 5.10 Å². The molecule has 2 aromatic heterocycles. The highest BCUT2D eigenvalue weighted by atomic mass is 16.5. The summed E-state index contributed by atoms with van der Waals surface area (Å²) in [4.78, 5) is 18.4. The van der Waals surface area contributed by atoms with Gasteiger partial charge >= 0.3 is 0 Å². The fourth-order valence-electron chi connectivity index (χ4n) is 5.13. The Kier molecular flexibility index (Phi) is 6.73. The van der Waals surface area contributed by atoms with E-state index < -0.39 is 0 Å². The summed E-state index contributed by atoms with van der Waals surface area (Å²) in [5.41, 5.74) is 4.70. The molecule has 1 saturated carbocycles. The van der Waals surface area contributed by atoms with Crippen molar-refractivity contribution in [1.29, 1.82) is 0 Å². The molecular weight excluding hydrogens is 448 g/mol. The van der Waals surface area contributed by atoms with Gasteiger partial charge in [-0.2, -0.15) is 9.78 Å². The lowest BCUT2D eigenvalue weighted by atomic mass is 9.88. The van der Waals surface area contributed by atoms with E-state index in [-0.39, 0.29) is 18.1 Å². The van der Waals surface area contributed by atoms with Gasteiger partial charge in [-0.1, -0.05) is 37.3 Å². The van der Waals surface area contributed by atoms with Crippen molar-refractivity contribution in [2.45, 2.75) is 51.9 Å². The molecule has 1 aliphatic carbocycles. The van der Waals surface area contributed by atoms with Gasteiger partial charge in [0.2, 0.25) is 0 Å². The summed E-state index contributed by atoms with van der Waals surface area (Å²) < 4.78 is 9.19. The van der Waals surface area contributed by atoms with Gasteiger partial charge in [-0.3, -0.25) is 4.79 Å². The number of hydrogen-bond donors (Lipinski definition) is 0. The zero-order chi connectivity index (χ0) is 25.1. The summed E-state index contributed by atoms with van der Waals surface area (Å²) in [5, 5.41) is 5.31. The van der Waals surface area contributed by atoms with Gasteiger partial charge < -0.3 is 9.30 Å². The molecule has 1 fully saturated rings. The van der Waals surface area contributed by atoms with Crippen LogP contribution in [-0.4, -0.2) is 27.0 Å². The number of ether oxygens (including phenoxy) is 1. The van der Waals surface area contributed by atoms with Gasteiger partial charge in [-0.05, 0) is 69.2 Å². The van der Waals surface area contributed by atoms with Gasteiger partial charge in [0, 0.05) is 28.6 Å². The minimum Gasteiger partial charge on any atom is -0.481 e. The molecule has 0 spiro atoms. The maximum atomic E-state index is 13.5. The number of aromatic nitrogens is 3. The molecule has 0 bridgehead atoms. The number of fused-ring (bicyclic) bond motifs is 1. The number of rotatable bonds is 6. The summed E-state index contributed by atoms with van der Waals surface area (Å²) in [6.07, 6.45) is 12.7. The second-order valence-electron chi connectivity index (χ2n) is 9.33. The summed E-state index contributed by atoms with van der Waals surface area (Å²) in [5.74, 6) is 4.23. The molecule has 4 aromatic rings. The first kappa shape index (κ1) is 23.6. The van der Waals surface area contributed by atoms with Gasteiger partial charge in [0.1, 0.15) is 18.2 Å². The fourth-order valence-corrected chi connectivity index (χ4v) is 5.13. The Morgan fingerprint density at radius 1 is 1.11 bits per heavy atom. The third-order valence-corrected chi connectivity index (χ3v) is 6.95. The largest absolute Gasteiger partial charge is 0.481 e. The molecule has 0 radical (unpaired) electrons. The molecule has 0 aliphatic heterocycles. The van der Waals surface area contributed by atoms with Crippen molar-refractivity contribution in [2.75, 3.05) is 6.61 Å². The summed E-state index contributed by atoms with van der Waals surface area (Å²) in [7, 11) is 0. The minimum absolute atomic E-state index is 0.117. The first-order chi connectivity index (χ1) is 17.6. The van der Waals surface area contributed by atoms with Crippen molar-refractivity contribution in [1.82, 2.24) is 14.2 Å². The maximum absolute atomic E-state index is 13.5. The average Bonchev–Trinajstić information content (AvgIpc) is 3.20. The predicted octanol–water partition coefficient (Wildman–Crippen LogP) is 5.75. The van der Waals surface area contributed by atoms with E-state index in [0.717, 1.165) is 65.4 Å². The molecule has 6 heteroatoms. The molecule has 2 heterocycles. The van der Waals surface area contributed by atoms with Crippen molar-refractivity contribution >= 4 is 17.1 Å². The molecule has 0 unspecified atom stereocenters. The molecule has 0 atom stereocenters. The lowest BCUT2D eigenvalue weighted by Gasteiger charge is -2.22. The molecular formula is C30H30N4O2. The van der Waals surface area contributed by atoms with Gasteiger partial charge in [0.05, 0.1) is 17.1 Å². The average molecular weight is 479 g/mol. The van der Waals surface area contributed by atoms with E-state index in [1.165, 1.54) is 11.1 Å². The SMILES string of the molecule is C#CCOc1ccc(-n2c(C)cc(C=Nn3c(C4CCCCC4)nc4ccccc4c3=O)c2C)cc1. The second kappa shape index (κ2) is 10.2. The van der Waals surface area contributed by atoms with Crippen LogP contribution in [0.25, 0.3) is 16.6 Å². The highest BCUT2D eigenvalue weighted by Crippen LogP contribution is 2.32. The highest BCUT2D eigenvalue weighted by molar-refractivity contribution is 5.82. The highest BCUT2D eigenvalue weighted by Gasteiger charge is 2.22. The van der Waals surface area contributed by atoms with Gasteiger partial charge in [-0.25, -0.2) is 4.98 Å². The number of terminal acetylenes is 1. The molecule has 0 N–H and O–H groups in total. The van der Waals surface area contributed by atoms with E-state index >= 15 is 0 Å². The van der Waals surface area contributed by atoms with Crippen LogP contribution in [0.4, 0.5) is 0 Å². The van der Waals surface area contributed by atoms with Gasteiger partial charge in [0.25, 0.3) is 5.56 Å². The monoisotopic (exact) mass is 478 g/mol. The van der Waals surface area contributed by atoms with E-state index in [1.54, 1.807) is 6.21 Å². The van der Waals surface area contributed by atoms with Crippen LogP contribution in [0.1, 0.15) is 60.8 Å². The quantitative estimate of drug-likeness (QED) is 0.262. The molecule has 36 heavy (non-hydrogen) atoms. The normalized spacial score (nSPS) is 14.4. The molecule has 6 nitrogen and oxygen atoms in total. The lowest BCUT2D eigenvalue weighted by molar-refractivity contribution is 0.370. The molecule has 182 valence electrons. The molecule has 2 aromatic carbocycles. The summed E-state index contributed by atoms with van der Waals surface area (Å²) in [6.45, 7) is 4.36. The maximum Gasteiger partial charge on any atom is 0.282 e. The molecule has 0 saturated heterocycles. The Hall–Kier alpha value is -4.11. The van der Waals surface area contributed by atoms with E-state index in [1.807, 2.05) is 48.5 Å². The number of hydrogen-bond acceptors (Lipinski definition) is 4. The van der Waals surface area contributed by atoms with Gasteiger partial charge in [-0.15, -0.1) is 6.42 Å². The molecule has 0 amide bonds. The number of para-hydroxylation sites is 1. The van der Waals surface area contributed by atoms with Crippen LogP contribution in [0, 0.1) is 26.2 Å². The summed E-state index contributed by atoms with van der Waals surface area (Å²) in [6, 6.07) is 17.5. The van der Waals surface area contributed by atoms with E-state index in [9.17, 15) is 4.79 Å². The standard InChI is InChI=1S/C30H30N4O2/c1-4-18-36-26-16-14-25(15-17-26)33-21(2)19-24(22(33)3)20-31-34-29(23-10-6-5-7-11-23)32-28-13-9-8-12-27(28)30(34)35/h1,8-9,12-17,19-20,23H,5-7,10-11,18H2,2-3H3. The number of nitrogens with zero attached hydrogens (tertiary/aromatic N) is 4. The van der Waals surface area contributed by atoms with Crippen LogP contribution >= 0.6 is 0 Å². The van der Waals surface area contributed by atoms with Crippen LogP contribution in [0.5, 0.6) is 5.75 Å². The first-order valence-electron chi connectivity index (χ1n) is 12.5. The van der Waals surface area contributed by atoms with Crippen molar-refractivity contribution in [3.05, 3.63) is 87.7 Å². The Balaban J connectivity index is 1.53. The topological polar surface area (TPSA) is 61.4 Å². The predicted molar refractivity (Wildman–Crippen MR) is 144 cm³/mol. The zero-order valence-corrected chi connectivity index (χ0v) is 20.8. The Morgan fingerprint density at radius 3 is 2.61 bits per heavy atom. The van der Waals surface area contributed by atoms with Crippen LogP contribution in [-0.2, 0) is 0 Å². The smallest absolute Gasteiger partial charge is 0.282 e. The second-order valence-corrected chi connectivity index (χ2v) is 9.33. The minimum atomic E-state index is -0.117. The van der Waals surface area contributed by atoms with Crippen LogP contribution in [0.3, 0.4) is 0 Å². The Morgan fingerprint density at radius 2 is 1.86 bits per heavy atom. The van der Waals surface area contributed by atoms with Crippen molar-refractivity contribution in [3.63, 3.8) is 0 Å². The lowest BCUT2D eigenvalue weighted by Crippen LogP contribution is -2.25. The van der Waals surface area contributed by atoms with Crippen molar-refractivity contribution in [3.8, 4) is 23.8 Å². The van der Waals surface area contributed by atoms with Crippen LogP contribution < -0.4 is 10.3 Å². The summed E-state index contributed by atoms with van der Waals surface area (Å²) >= 11 is 0. The first-order valence-corrected chi connectivity index (χ1v) is 12.5. The Bertz CT molecular complexity index is 1510. The van der Waals surface area contributed by atoms with Crippen LogP contribution in [0.15, 0.2) is 64.5 Å². The molecule has 5 rings (SSSR count). The molecule has 1 aliphatic rings. The fraction of sp³-hybridized carbons (Fsp3) is 0.300. The third-order valence-electron chi connectivity index (χ3n) is 6.95. The van der Waals surface area contributed by atoms with Crippen LogP contribution in [0.2, 0.25) is 0 Å². The number of aryl methyl sites for hydroxylation is 1. The zero-order valence-electron chi connectivity index (χ0n) is 20.8. The van der Waals surface area contributed by atoms with E-state index in [4.69, 9.17) is 21.2 Å². The van der Waals surface area contributed by atoms with Gasteiger partial charge in [0.15, 0.2) is 0 Å². The van der Waals surface area contributed by atoms with E-state index in [2.05, 4.69) is 30.4 Å². The Labute approximate surface area is 211 Å². The third kappa shape index (κ3) is 4.57. The number of benzene rings is 2.